The van der Waals surface area contributed by atoms with Gasteiger partial charge in [0.05, 0.1) is 0 Å². The first-order valence-corrected chi connectivity index (χ1v) is 8.85. The van der Waals surface area contributed by atoms with E-state index in [1.165, 1.54) is 5.56 Å². The second-order valence-electron chi connectivity index (χ2n) is 6.82. The van der Waals surface area contributed by atoms with Gasteiger partial charge in [-0.1, -0.05) is 35.5 Å². The topological polar surface area (TPSA) is 83.3 Å². The third-order valence-electron chi connectivity index (χ3n) is 5.10. The zero-order chi connectivity index (χ0) is 17.2. The molecule has 0 bridgehead atoms. The van der Waals surface area contributed by atoms with Crippen LogP contribution in [0.25, 0.3) is 0 Å². The molecule has 7 heteroatoms. The molecule has 0 radical (unpaired) electrons. The number of nitrogens with zero attached hydrogens (tertiary/aromatic N) is 3. The molecule has 2 fully saturated rings. The summed E-state index contributed by atoms with van der Waals surface area (Å²) in [5.74, 6) is 1.80. The van der Waals surface area contributed by atoms with Crippen molar-refractivity contribution in [2.75, 3.05) is 13.1 Å². The van der Waals surface area contributed by atoms with Gasteiger partial charge in [-0.2, -0.15) is 4.98 Å². The molecule has 2 aromatic rings. The maximum Gasteiger partial charge on any atom is 0.241 e. The summed E-state index contributed by atoms with van der Waals surface area (Å²) in [4.78, 5) is 19.1. The van der Waals surface area contributed by atoms with Crippen molar-refractivity contribution in [3.63, 3.8) is 0 Å². The number of carbonyl (C=O) groups is 1. The van der Waals surface area contributed by atoms with E-state index in [0.29, 0.717) is 11.7 Å². The van der Waals surface area contributed by atoms with Crippen molar-refractivity contribution in [3.8, 4) is 0 Å². The predicted octanol–water partition coefficient (Wildman–Crippen LogP) is 1.69. The quantitative estimate of drug-likeness (QED) is 0.884. The van der Waals surface area contributed by atoms with Crippen molar-refractivity contribution < 1.29 is 9.32 Å². The fourth-order valence-corrected chi connectivity index (χ4v) is 3.67. The van der Waals surface area contributed by atoms with Crippen molar-refractivity contribution in [2.24, 2.45) is 0 Å². The summed E-state index contributed by atoms with van der Waals surface area (Å²) in [6, 6.07) is 10.2. The van der Waals surface area contributed by atoms with E-state index >= 15 is 0 Å². The second kappa shape index (κ2) is 6.93. The van der Waals surface area contributed by atoms with E-state index in [4.69, 9.17) is 4.52 Å². The lowest BCUT2D eigenvalue weighted by Crippen LogP contribution is -2.48. The Morgan fingerprint density at radius 2 is 1.96 bits per heavy atom. The maximum atomic E-state index is 12.8. The molecule has 3 heterocycles. The molecule has 2 saturated heterocycles. The molecule has 2 aliphatic heterocycles. The van der Waals surface area contributed by atoms with Gasteiger partial charge in [-0.25, -0.2) is 10.9 Å². The number of carbonyl (C=O) groups excluding carboxylic acids is 1. The predicted molar refractivity (Wildman–Crippen MR) is 91.4 cm³/mol. The first kappa shape index (κ1) is 16.2. The molecule has 7 nitrogen and oxygen atoms in total. The monoisotopic (exact) mass is 341 g/mol. The number of hydrazine groups is 1. The van der Waals surface area contributed by atoms with Crippen LogP contribution in [0.2, 0.25) is 0 Å². The number of aromatic nitrogens is 2. The summed E-state index contributed by atoms with van der Waals surface area (Å²) in [7, 11) is 0. The Kier molecular flexibility index (Phi) is 4.50. The lowest BCUT2D eigenvalue weighted by atomic mass is 9.95. The molecule has 1 aromatic heterocycles. The summed E-state index contributed by atoms with van der Waals surface area (Å²) < 4.78 is 5.28. The zero-order valence-electron chi connectivity index (χ0n) is 14.3. The molecule has 4 rings (SSSR count). The number of likely N-dealkylation sites (tertiary alicyclic amines) is 1. The van der Waals surface area contributed by atoms with E-state index < -0.39 is 0 Å². The number of rotatable bonds is 3. The van der Waals surface area contributed by atoms with E-state index in [1.807, 2.05) is 30.0 Å². The van der Waals surface area contributed by atoms with Gasteiger partial charge < -0.3 is 9.42 Å². The SMILES string of the molecule is Cc1noc(C2CCN(C(=O)C3CC(c4ccccc4)NN3)CC2)n1. The van der Waals surface area contributed by atoms with Gasteiger partial charge in [-0.15, -0.1) is 0 Å². The normalized spacial score (nSPS) is 24.6. The fraction of sp³-hybridized carbons (Fsp3) is 0.500. The van der Waals surface area contributed by atoms with E-state index in [0.717, 1.165) is 32.4 Å². The average Bonchev–Trinajstić information content (AvgIpc) is 3.31. The number of nitrogens with one attached hydrogen (secondary N) is 2. The lowest BCUT2D eigenvalue weighted by Gasteiger charge is -2.32. The molecule has 2 N–H and O–H groups in total. The highest BCUT2D eigenvalue weighted by atomic mass is 16.5. The third-order valence-corrected chi connectivity index (χ3v) is 5.10. The minimum Gasteiger partial charge on any atom is -0.341 e. The highest BCUT2D eigenvalue weighted by Gasteiger charge is 2.35. The number of piperidine rings is 1. The van der Waals surface area contributed by atoms with Gasteiger partial charge in [-0.3, -0.25) is 4.79 Å². The van der Waals surface area contributed by atoms with Crippen LogP contribution in [0.15, 0.2) is 34.9 Å². The van der Waals surface area contributed by atoms with Crippen LogP contribution in [0.4, 0.5) is 0 Å². The van der Waals surface area contributed by atoms with Gasteiger partial charge in [0.15, 0.2) is 5.82 Å². The number of benzene rings is 1. The van der Waals surface area contributed by atoms with Crippen LogP contribution in [-0.2, 0) is 4.79 Å². The van der Waals surface area contributed by atoms with Gasteiger partial charge in [0.1, 0.15) is 6.04 Å². The van der Waals surface area contributed by atoms with Crippen LogP contribution < -0.4 is 10.9 Å². The summed E-state index contributed by atoms with van der Waals surface area (Å²) >= 11 is 0. The Morgan fingerprint density at radius 1 is 1.20 bits per heavy atom. The highest BCUT2D eigenvalue weighted by Crippen LogP contribution is 2.28. The Balaban J connectivity index is 1.32. The number of hydrogen-bond acceptors (Lipinski definition) is 6. The molecule has 0 saturated carbocycles. The molecule has 2 aliphatic rings. The smallest absolute Gasteiger partial charge is 0.241 e. The van der Waals surface area contributed by atoms with Crippen LogP contribution in [0.3, 0.4) is 0 Å². The largest absolute Gasteiger partial charge is 0.341 e. The number of amides is 1. The molecule has 1 amide bonds. The van der Waals surface area contributed by atoms with Crippen LogP contribution in [0.1, 0.15) is 48.5 Å². The van der Waals surface area contributed by atoms with Gasteiger partial charge in [0.2, 0.25) is 11.8 Å². The minimum atomic E-state index is -0.174. The number of aryl methyl sites for hydroxylation is 1. The van der Waals surface area contributed by atoms with Gasteiger partial charge in [-0.05, 0) is 31.7 Å². The average molecular weight is 341 g/mol. The van der Waals surface area contributed by atoms with E-state index in [1.54, 1.807) is 0 Å². The van der Waals surface area contributed by atoms with Crippen molar-refractivity contribution in [1.29, 1.82) is 0 Å². The Bertz CT molecular complexity index is 724. The number of hydrogen-bond donors (Lipinski definition) is 2. The standard InChI is InChI=1S/C18H23N5O2/c1-12-19-17(25-22-12)14-7-9-23(10-8-14)18(24)16-11-15(20-21-16)13-5-3-2-4-6-13/h2-6,14-16,20-21H,7-11H2,1H3. The molecule has 2 unspecified atom stereocenters. The van der Waals surface area contributed by atoms with Crippen molar-refractivity contribution in [1.82, 2.24) is 25.9 Å². The van der Waals surface area contributed by atoms with Crippen LogP contribution in [0.5, 0.6) is 0 Å². The third kappa shape index (κ3) is 3.43. The van der Waals surface area contributed by atoms with Crippen molar-refractivity contribution in [3.05, 3.63) is 47.6 Å². The Labute approximate surface area is 146 Å². The van der Waals surface area contributed by atoms with Crippen molar-refractivity contribution in [2.45, 2.75) is 44.2 Å². The van der Waals surface area contributed by atoms with Crippen LogP contribution in [-0.4, -0.2) is 40.1 Å². The Morgan fingerprint density at radius 3 is 2.64 bits per heavy atom. The molecule has 0 aliphatic carbocycles. The molecule has 0 spiro atoms. The van der Waals surface area contributed by atoms with Crippen LogP contribution >= 0.6 is 0 Å². The van der Waals surface area contributed by atoms with Gasteiger partial charge in [0, 0.05) is 25.0 Å². The molecular formula is C18H23N5O2. The van der Waals surface area contributed by atoms with Gasteiger partial charge in [0.25, 0.3) is 0 Å². The molecule has 25 heavy (non-hydrogen) atoms. The van der Waals surface area contributed by atoms with Crippen molar-refractivity contribution >= 4 is 5.91 Å². The lowest BCUT2D eigenvalue weighted by molar-refractivity contribution is -0.134. The Hall–Kier alpha value is -2.25. The molecule has 1 aromatic carbocycles. The maximum absolute atomic E-state index is 12.8. The zero-order valence-corrected chi connectivity index (χ0v) is 14.3. The second-order valence-corrected chi connectivity index (χ2v) is 6.82. The highest BCUT2D eigenvalue weighted by molar-refractivity contribution is 5.82. The molecular weight excluding hydrogens is 318 g/mol. The first-order valence-electron chi connectivity index (χ1n) is 8.85. The minimum absolute atomic E-state index is 0.172. The summed E-state index contributed by atoms with van der Waals surface area (Å²) in [6.45, 7) is 3.30. The van der Waals surface area contributed by atoms with E-state index in [2.05, 4.69) is 33.1 Å². The summed E-state index contributed by atoms with van der Waals surface area (Å²) in [6.07, 6.45) is 2.51. The first-order chi connectivity index (χ1) is 12.2. The van der Waals surface area contributed by atoms with E-state index in [9.17, 15) is 4.79 Å². The summed E-state index contributed by atoms with van der Waals surface area (Å²) in [5, 5.41) is 3.86. The van der Waals surface area contributed by atoms with Crippen LogP contribution in [0, 0.1) is 6.92 Å². The molecule has 2 atom stereocenters. The van der Waals surface area contributed by atoms with Gasteiger partial charge >= 0.3 is 0 Å². The fourth-order valence-electron chi connectivity index (χ4n) is 3.67. The molecule has 132 valence electrons. The van der Waals surface area contributed by atoms with E-state index in [-0.39, 0.29) is 23.9 Å². The summed E-state index contributed by atoms with van der Waals surface area (Å²) in [5.41, 5.74) is 7.62.